The Labute approximate surface area is 210 Å². The third kappa shape index (κ3) is 4.64. The molecule has 0 radical (unpaired) electrons. The van der Waals surface area contributed by atoms with Crippen molar-refractivity contribution in [2.45, 2.75) is 26.2 Å². The van der Waals surface area contributed by atoms with Gasteiger partial charge in [0.15, 0.2) is 0 Å². The molecule has 0 unspecified atom stereocenters. The van der Waals surface area contributed by atoms with Crippen LogP contribution in [0.2, 0.25) is 0 Å². The molecule has 0 atom stereocenters. The average Bonchev–Trinajstić information content (AvgIpc) is 3.34. The Hall–Kier alpha value is -4.26. The SMILES string of the molecule is C=CN=CC(=C)CNC(=O)c1cnc2[nH]cc(-c3cc(C)c4nccc(N5CCCCC5)c4c3)c2c1. The maximum atomic E-state index is 12.8. The maximum absolute atomic E-state index is 12.8. The van der Waals surface area contributed by atoms with Crippen LogP contribution in [-0.4, -0.2) is 46.7 Å². The Kier molecular flexibility index (Phi) is 6.62. The van der Waals surface area contributed by atoms with Crippen molar-refractivity contribution in [2.24, 2.45) is 4.99 Å². The summed E-state index contributed by atoms with van der Waals surface area (Å²) in [5.74, 6) is -0.212. The van der Waals surface area contributed by atoms with Gasteiger partial charge in [0.2, 0.25) is 0 Å². The minimum absolute atomic E-state index is 0.212. The van der Waals surface area contributed by atoms with Crippen molar-refractivity contribution in [3.63, 3.8) is 0 Å². The lowest BCUT2D eigenvalue weighted by atomic mass is 9.98. The molecule has 36 heavy (non-hydrogen) atoms. The van der Waals surface area contributed by atoms with E-state index in [0.717, 1.165) is 51.7 Å². The third-order valence-electron chi connectivity index (χ3n) is 6.65. The Balaban J connectivity index is 1.51. The number of nitrogens with one attached hydrogen (secondary N) is 2. The van der Waals surface area contributed by atoms with E-state index in [-0.39, 0.29) is 5.91 Å². The summed E-state index contributed by atoms with van der Waals surface area (Å²) in [7, 11) is 0. The molecule has 4 aromatic rings. The van der Waals surface area contributed by atoms with Gasteiger partial charge < -0.3 is 15.2 Å². The molecule has 1 aromatic carbocycles. The minimum atomic E-state index is -0.212. The Morgan fingerprint density at radius 2 is 2.03 bits per heavy atom. The highest BCUT2D eigenvalue weighted by atomic mass is 16.1. The summed E-state index contributed by atoms with van der Waals surface area (Å²) >= 11 is 0. The van der Waals surface area contributed by atoms with E-state index in [0.29, 0.717) is 17.7 Å². The Morgan fingerprint density at radius 1 is 1.19 bits per heavy atom. The van der Waals surface area contributed by atoms with Crippen LogP contribution in [0.1, 0.15) is 35.2 Å². The molecule has 0 bridgehead atoms. The number of aromatic nitrogens is 3. The van der Waals surface area contributed by atoms with Gasteiger partial charge in [0.05, 0.1) is 11.1 Å². The van der Waals surface area contributed by atoms with E-state index >= 15 is 0 Å². The van der Waals surface area contributed by atoms with Gasteiger partial charge in [-0.25, -0.2) is 4.98 Å². The summed E-state index contributed by atoms with van der Waals surface area (Å²) < 4.78 is 0. The number of piperidine rings is 1. The predicted octanol–water partition coefficient (Wildman–Crippen LogP) is 5.58. The lowest BCUT2D eigenvalue weighted by molar-refractivity contribution is 0.0957. The number of pyridine rings is 2. The van der Waals surface area contributed by atoms with E-state index in [1.807, 2.05) is 18.5 Å². The second-order valence-electron chi connectivity index (χ2n) is 9.19. The first-order chi connectivity index (χ1) is 17.5. The number of anilines is 1. The quantitative estimate of drug-likeness (QED) is 0.340. The Morgan fingerprint density at radius 3 is 2.83 bits per heavy atom. The number of nitrogens with zero attached hydrogens (tertiary/aromatic N) is 4. The molecular weight excluding hydrogens is 448 g/mol. The number of H-pyrrole nitrogens is 1. The average molecular weight is 479 g/mol. The van der Waals surface area contributed by atoms with Crippen molar-refractivity contribution in [1.82, 2.24) is 20.3 Å². The molecule has 1 aliphatic heterocycles. The van der Waals surface area contributed by atoms with Crippen LogP contribution in [0.4, 0.5) is 5.69 Å². The molecule has 1 aliphatic rings. The fraction of sp³-hybridized carbons (Fsp3) is 0.241. The molecule has 1 fully saturated rings. The van der Waals surface area contributed by atoms with Crippen LogP contribution >= 0.6 is 0 Å². The number of fused-ring (bicyclic) bond motifs is 2. The van der Waals surface area contributed by atoms with Gasteiger partial charge in [0.25, 0.3) is 5.91 Å². The largest absolute Gasteiger partial charge is 0.371 e. The van der Waals surface area contributed by atoms with Crippen molar-refractivity contribution < 1.29 is 4.79 Å². The van der Waals surface area contributed by atoms with Crippen molar-refractivity contribution >= 4 is 39.7 Å². The number of hydrogen-bond acceptors (Lipinski definition) is 5. The Bertz CT molecular complexity index is 1490. The zero-order valence-corrected chi connectivity index (χ0v) is 20.6. The second-order valence-corrected chi connectivity index (χ2v) is 9.19. The molecular formula is C29H30N6O. The molecule has 0 spiro atoms. The molecule has 7 nitrogen and oxygen atoms in total. The van der Waals surface area contributed by atoms with Gasteiger partial charge in [-0.3, -0.25) is 14.8 Å². The summed E-state index contributed by atoms with van der Waals surface area (Å²) in [5.41, 5.74) is 7.39. The lowest BCUT2D eigenvalue weighted by Crippen LogP contribution is -2.29. The molecule has 182 valence electrons. The highest BCUT2D eigenvalue weighted by Gasteiger charge is 2.17. The normalized spacial score (nSPS) is 14.0. The monoisotopic (exact) mass is 478 g/mol. The molecule has 5 rings (SSSR count). The zero-order valence-electron chi connectivity index (χ0n) is 20.6. The number of aliphatic imine (C=N–C) groups is 1. The topological polar surface area (TPSA) is 86.3 Å². The summed E-state index contributed by atoms with van der Waals surface area (Å²) in [6.45, 7) is 12.0. The molecule has 7 heteroatoms. The van der Waals surface area contributed by atoms with Crippen LogP contribution in [0.3, 0.4) is 0 Å². The summed E-state index contributed by atoms with van der Waals surface area (Å²) in [4.78, 5) is 31.7. The maximum Gasteiger partial charge on any atom is 0.253 e. The number of rotatable bonds is 7. The summed E-state index contributed by atoms with van der Waals surface area (Å²) in [5, 5.41) is 4.93. The zero-order chi connectivity index (χ0) is 25.1. The highest BCUT2D eigenvalue weighted by Crippen LogP contribution is 2.36. The van der Waals surface area contributed by atoms with Gasteiger partial charge in [-0.05, 0) is 67.2 Å². The van der Waals surface area contributed by atoms with Crippen molar-refractivity contribution in [1.29, 1.82) is 0 Å². The molecule has 1 saturated heterocycles. The first-order valence-corrected chi connectivity index (χ1v) is 12.3. The first kappa shape index (κ1) is 23.5. The van der Waals surface area contributed by atoms with E-state index in [9.17, 15) is 4.79 Å². The van der Waals surface area contributed by atoms with E-state index < -0.39 is 0 Å². The number of hydrogen-bond donors (Lipinski definition) is 2. The van der Waals surface area contributed by atoms with Gasteiger partial charge in [0, 0.05) is 72.7 Å². The first-order valence-electron chi connectivity index (χ1n) is 12.3. The fourth-order valence-corrected chi connectivity index (χ4v) is 4.85. The van der Waals surface area contributed by atoms with Crippen molar-refractivity contribution in [3.05, 3.63) is 78.9 Å². The molecule has 2 N–H and O–H groups in total. The van der Waals surface area contributed by atoms with Crippen LogP contribution in [0.15, 0.2) is 72.8 Å². The molecule has 0 saturated carbocycles. The van der Waals surface area contributed by atoms with Crippen LogP contribution < -0.4 is 10.2 Å². The second kappa shape index (κ2) is 10.2. The smallest absolute Gasteiger partial charge is 0.253 e. The molecule has 3 aromatic heterocycles. The van der Waals surface area contributed by atoms with Crippen LogP contribution in [-0.2, 0) is 0 Å². The van der Waals surface area contributed by atoms with Gasteiger partial charge in [0.1, 0.15) is 5.65 Å². The number of carbonyl (C=O) groups excluding carboxylic acids is 1. The van der Waals surface area contributed by atoms with E-state index in [2.05, 4.69) is 63.5 Å². The number of amides is 1. The van der Waals surface area contributed by atoms with Crippen LogP contribution in [0, 0.1) is 6.92 Å². The summed E-state index contributed by atoms with van der Waals surface area (Å²) in [6.07, 6.45) is 12.2. The minimum Gasteiger partial charge on any atom is -0.371 e. The van der Waals surface area contributed by atoms with Crippen molar-refractivity contribution in [3.8, 4) is 11.1 Å². The van der Waals surface area contributed by atoms with Gasteiger partial charge >= 0.3 is 0 Å². The molecule has 4 heterocycles. The number of aromatic amines is 1. The van der Waals surface area contributed by atoms with Gasteiger partial charge in [-0.15, -0.1) is 0 Å². The summed E-state index contributed by atoms with van der Waals surface area (Å²) in [6, 6.07) is 8.40. The number of aryl methyl sites for hydroxylation is 1. The molecule has 0 aliphatic carbocycles. The number of benzene rings is 1. The fourth-order valence-electron chi connectivity index (χ4n) is 4.85. The lowest BCUT2D eigenvalue weighted by Gasteiger charge is -2.30. The number of carbonyl (C=O) groups is 1. The van der Waals surface area contributed by atoms with Crippen LogP contribution in [0.5, 0.6) is 0 Å². The van der Waals surface area contributed by atoms with E-state index in [1.165, 1.54) is 31.1 Å². The highest BCUT2D eigenvalue weighted by molar-refractivity contribution is 6.03. The predicted molar refractivity (Wildman–Crippen MR) is 148 cm³/mol. The third-order valence-corrected chi connectivity index (χ3v) is 6.65. The van der Waals surface area contributed by atoms with Gasteiger partial charge in [-0.1, -0.05) is 13.2 Å². The van der Waals surface area contributed by atoms with Crippen LogP contribution in [0.25, 0.3) is 33.1 Å². The van der Waals surface area contributed by atoms with Crippen molar-refractivity contribution in [2.75, 3.05) is 24.5 Å². The van der Waals surface area contributed by atoms with Gasteiger partial charge in [-0.2, -0.15) is 0 Å². The standard InChI is InChI=1S/C29H30N6O/c1-4-30-15-19(2)16-34-29(36)22-14-23-25(18-33-28(23)32-17-22)21-12-20(3)27-24(13-21)26(8-9-31-27)35-10-6-5-7-11-35/h4,8-9,12-15,17-18H,1-2,5-7,10-11,16H2,3H3,(H,32,33)(H,34,36). The van der Waals surface area contributed by atoms with E-state index in [1.54, 1.807) is 12.4 Å². The molecule has 1 amide bonds. The van der Waals surface area contributed by atoms with E-state index in [4.69, 9.17) is 4.98 Å².